The van der Waals surface area contributed by atoms with Crippen molar-refractivity contribution in [2.45, 2.75) is 85.6 Å². The fraction of sp³-hybridized carbons (Fsp3) is 0.500. The number of hydrogen-bond acceptors (Lipinski definition) is 4. The molecule has 0 atom stereocenters. The molecular formula is C32H46N4. The van der Waals surface area contributed by atoms with Crippen molar-refractivity contribution in [3.63, 3.8) is 0 Å². The molecule has 4 nitrogen and oxygen atoms in total. The molecule has 3 rings (SSSR count). The van der Waals surface area contributed by atoms with Crippen LogP contribution in [0.5, 0.6) is 0 Å². The van der Waals surface area contributed by atoms with E-state index in [1.54, 1.807) is 0 Å². The van der Waals surface area contributed by atoms with Crippen molar-refractivity contribution in [3.8, 4) is 0 Å². The molecule has 3 N–H and O–H groups in total. The summed E-state index contributed by atoms with van der Waals surface area (Å²) in [5, 5.41) is 3.52. The third kappa shape index (κ3) is 7.39. The average Bonchev–Trinajstić information content (AvgIpc) is 2.92. The predicted molar refractivity (Wildman–Crippen MR) is 158 cm³/mol. The highest BCUT2D eigenvalue weighted by atomic mass is 14.9. The first-order valence-corrected chi connectivity index (χ1v) is 13.9. The molecule has 4 heteroatoms. The summed E-state index contributed by atoms with van der Waals surface area (Å²) >= 11 is 0. The first-order valence-electron chi connectivity index (χ1n) is 13.9. The number of allylic oxidation sites excluding steroid dienone is 5. The van der Waals surface area contributed by atoms with Gasteiger partial charge in [-0.25, -0.2) is 0 Å². The molecule has 1 aliphatic heterocycles. The second-order valence-electron chi connectivity index (χ2n) is 10.0. The van der Waals surface area contributed by atoms with Crippen LogP contribution >= 0.6 is 0 Å². The van der Waals surface area contributed by atoms with Crippen molar-refractivity contribution in [1.82, 2.24) is 5.32 Å². The summed E-state index contributed by atoms with van der Waals surface area (Å²) in [5.41, 5.74) is 15.3. The van der Waals surface area contributed by atoms with Crippen molar-refractivity contribution in [1.29, 1.82) is 0 Å². The maximum absolute atomic E-state index is 6.92. The van der Waals surface area contributed by atoms with Crippen molar-refractivity contribution in [2.75, 3.05) is 13.1 Å². The highest BCUT2D eigenvalue weighted by Crippen LogP contribution is 2.29. The van der Waals surface area contributed by atoms with E-state index in [1.807, 2.05) is 26.0 Å². The maximum Gasteiger partial charge on any atom is 0.0662 e. The van der Waals surface area contributed by atoms with Crippen LogP contribution in [0.25, 0.3) is 5.70 Å². The molecule has 1 saturated heterocycles. The van der Waals surface area contributed by atoms with E-state index in [0.29, 0.717) is 6.04 Å². The van der Waals surface area contributed by atoms with Crippen LogP contribution in [-0.2, 0) is 6.42 Å². The van der Waals surface area contributed by atoms with Crippen molar-refractivity contribution < 1.29 is 0 Å². The predicted octanol–water partition coefficient (Wildman–Crippen LogP) is 7.19. The average molecular weight is 487 g/mol. The topological polar surface area (TPSA) is 62.8 Å². The number of aryl methyl sites for hydroxylation is 1. The number of nitrogens with zero attached hydrogens (tertiary/aromatic N) is 2. The standard InChI is InChI=1S/C32H46N4/c1-6-10-11-28(23(5)35-30(9-4)26-16-12-24(7-2)13-17-26)32(33)29-22-34-21-20-31(29)36-27-18-14-25(8-3)15-19-27/h6,9-13,16-17,25,27,34H,7-8,14-15,18-22,33H2,1-5H3/b10-6-,28-11+,30-9-,32-29?,35-23+,36-31?. The highest BCUT2D eigenvalue weighted by molar-refractivity contribution is 6.09. The van der Waals surface area contributed by atoms with E-state index in [-0.39, 0.29) is 0 Å². The van der Waals surface area contributed by atoms with Crippen LogP contribution < -0.4 is 11.1 Å². The summed E-state index contributed by atoms with van der Waals surface area (Å²) in [7, 11) is 0. The van der Waals surface area contributed by atoms with Gasteiger partial charge in [0.05, 0.1) is 11.7 Å². The Balaban J connectivity index is 1.94. The minimum Gasteiger partial charge on any atom is -0.398 e. The monoisotopic (exact) mass is 486 g/mol. The largest absolute Gasteiger partial charge is 0.398 e. The van der Waals surface area contributed by atoms with Crippen molar-refractivity contribution in [2.24, 2.45) is 21.6 Å². The fourth-order valence-corrected chi connectivity index (χ4v) is 5.18. The molecule has 1 heterocycles. The van der Waals surface area contributed by atoms with E-state index in [1.165, 1.54) is 43.4 Å². The Morgan fingerprint density at radius 2 is 1.81 bits per heavy atom. The number of hydrogen-bond donors (Lipinski definition) is 2. The molecule has 1 aromatic rings. The Hall–Kier alpha value is -2.72. The molecule has 0 bridgehead atoms. The van der Waals surface area contributed by atoms with Crippen molar-refractivity contribution >= 4 is 17.1 Å². The van der Waals surface area contributed by atoms with Gasteiger partial charge in [0, 0.05) is 47.8 Å². The van der Waals surface area contributed by atoms with Crippen LogP contribution in [0.2, 0.25) is 0 Å². The normalized spacial score (nSPS) is 25.0. The van der Waals surface area contributed by atoms with Gasteiger partial charge in [0.1, 0.15) is 0 Å². The Bertz CT molecular complexity index is 1040. The molecule has 1 saturated carbocycles. The molecule has 0 aromatic heterocycles. The van der Waals surface area contributed by atoms with Crippen LogP contribution in [0.1, 0.15) is 84.3 Å². The highest BCUT2D eigenvalue weighted by Gasteiger charge is 2.23. The van der Waals surface area contributed by atoms with Gasteiger partial charge in [0.25, 0.3) is 0 Å². The second-order valence-corrected chi connectivity index (χ2v) is 10.0. The van der Waals surface area contributed by atoms with Gasteiger partial charge in [0.2, 0.25) is 0 Å². The minimum absolute atomic E-state index is 0.433. The SMILES string of the molecule is C\C=C/C=C(C(N)=C1CNCCC1=NC1CCC(CC)CC1)\C(C)=N\C(=C/C)c1ccc(CC)cc1. The van der Waals surface area contributed by atoms with E-state index in [2.05, 4.69) is 62.5 Å². The zero-order valence-electron chi connectivity index (χ0n) is 23.1. The molecule has 194 valence electrons. The molecular weight excluding hydrogens is 440 g/mol. The molecule has 36 heavy (non-hydrogen) atoms. The molecule has 2 fully saturated rings. The van der Waals surface area contributed by atoms with E-state index in [0.717, 1.165) is 65.7 Å². The Morgan fingerprint density at radius 1 is 1.08 bits per heavy atom. The number of rotatable bonds is 8. The molecule has 0 unspecified atom stereocenters. The van der Waals surface area contributed by atoms with Gasteiger partial charge in [-0.05, 0) is 69.9 Å². The summed E-state index contributed by atoms with van der Waals surface area (Å²) in [5.74, 6) is 0.878. The molecule has 1 aromatic carbocycles. The lowest BCUT2D eigenvalue weighted by atomic mass is 9.84. The first kappa shape index (κ1) is 27.9. The van der Waals surface area contributed by atoms with Crippen LogP contribution in [-0.4, -0.2) is 30.6 Å². The van der Waals surface area contributed by atoms with Crippen LogP contribution in [0.4, 0.5) is 0 Å². The quantitative estimate of drug-likeness (QED) is 0.302. The third-order valence-electron chi connectivity index (χ3n) is 7.60. The van der Waals surface area contributed by atoms with Crippen LogP contribution in [0.15, 0.2) is 75.4 Å². The Labute approximate surface area is 219 Å². The lowest BCUT2D eigenvalue weighted by Gasteiger charge is -2.28. The van der Waals surface area contributed by atoms with Crippen LogP contribution in [0.3, 0.4) is 0 Å². The fourth-order valence-electron chi connectivity index (χ4n) is 5.18. The van der Waals surface area contributed by atoms with E-state index >= 15 is 0 Å². The summed E-state index contributed by atoms with van der Waals surface area (Å²) in [6.07, 6.45) is 16.5. The van der Waals surface area contributed by atoms with Gasteiger partial charge < -0.3 is 11.1 Å². The van der Waals surface area contributed by atoms with Gasteiger partial charge in [-0.1, -0.05) is 68.8 Å². The summed E-state index contributed by atoms with van der Waals surface area (Å²) < 4.78 is 0. The molecule has 1 aliphatic carbocycles. The lowest BCUT2D eigenvalue weighted by Crippen LogP contribution is -2.34. The maximum atomic E-state index is 6.92. The lowest BCUT2D eigenvalue weighted by molar-refractivity contribution is 0.320. The minimum atomic E-state index is 0.433. The summed E-state index contributed by atoms with van der Waals surface area (Å²) in [6.45, 7) is 12.3. The van der Waals surface area contributed by atoms with Gasteiger partial charge in [-0.3, -0.25) is 9.98 Å². The second kappa shape index (κ2) is 14.1. The first-order chi connectivity index (χ1) is 17.5. The van der Waals surface area contributed by atoms with E-state index in [4.69, 9.17) is 15.7 Å². The molecule has 0 amide bonds. The van der Waals surface area contributed by atoms with Crippen LogP contribution in [0, 0.1) is 5.92 Å². The molecule has 0 spiro atoms. The van der Waals surface area contributed by atoms with E-state index in [9.17, 15) is 0 Å². The number of piperidine rings is 1. The summed E-state index contributed by atoms with van der Waals surface area (Å²) in [6, 6.07) is 9.11. The Morgan fingerprint density at radius 3 is 2.42 bits per heavy atom. The van der Waals surface area contributed by atoms with Crippen molar-refractivity contribution in [3.05, 3.63) is 76.5 Å². The summed E-state index contributed by atoms with van der Waals surface area (Å²) in [4.78, 5) is 10.3. The van der Waals surface area contributed by atoms with Gasteiger partial charge in [-0.2, -0.15) is 0 Å². The smallest absolute Gasteiger partial charge is 0.0662 e. The number of aliphatic imine (C=N–C) groups is 2. The van der Waals surface area contributed by atoms with Gasteiger partial charge in [-0.15, -0.1) is 0 Å². The molecule has 0 radical (unpaired) electrons. The zero-order valence-corrected chi connectivity index (χ0v) is 23.1. The number of nitrogens with two attached hydrogens (primary N) is 1. The number of benzene rings is 1. The zero-order chi connectivity index (χ0) is 25.9. The van der Waals surface area contributed by atoms with Gasteiger partial charge >= 0.3 is 0 Å². The van der Waals surface area contributed by atoms with E-state index < -0.39 is 0 Å². The number of nitrogens with one attached hydrogen (secondary N) is 1. The van der Waals surface area contributed by atoms with Gasteiger partial charge in [0.15, 0.2) is 0 Å². The molecule has 2 aliphatic rings. The third-order valence-corrected chi connectivity index (χ3v) is 7.60. The Kier molecular flexibility index (Phi) is 10.9.